The molecule has 0 bridgehead atoms. The van der Waals surface area contributed by atoms with Gasteiger partial charge >= 0.3 is 0 Å². The second kappa shape index (κ2) is 7.04. The van der Waals surface area contributed by atoms with E-state index in [4.69, 9.17) is 16.9 Å². The van der Waals surface area contributed by atoms with E-state index >= 15 is 0 Å². The van der Waals surface area contributed by atoms with Gasteiger partial charge in [0.15, 0.2) is 0 Å². The quantitative estimate of drug-likeness (QED) is 0.838. The van der Waals surface area contributed by atoms with Crippen LogP contribution in [0.5, 0.6) is 0 Å². The van der Waals surface area contributed by atoms with E-state index in [1.165, 1.54) is 18.2 Å². The van der Waals surface area contributed by atoms with Gasteiger partial charge in [-0.25, -0.2) is 13.1 Å². The number of hydrogen-bond donors (Lipinski definition) is 2. The third-order valence-electron chi connectivity index (χ3n) is 2.61. The Morgan fingerprint density at radius 1 is 1.45 bits per heavy atom. The highest BCUT2D eigenvalue weighted by Crippen LogP contribution is 2.20. The van der Waals surface area contributed by atoms with Gasteiger partial charge in [-0.05, 0) is 30.5 Å². The van der Waals surface area contributed by atoms with E-state index in [1.54, 1.807) is 0 Å². The van der Waals surface area contributed by atoms with Crippen molar-refractivity contribution in [1.82, 2.24) is 4.72 Å². The Hall–Kier alpha value is -1.13. The second-order valence-corrected chi connectivity index (χ2v) is 7.06. The maximum Gasteiger partial charge on any atom is 0.242 e. The van der Waals surface area contributed by atoms with E-state index in [2.05, 4.69) is 4.72 Å². The zero-order valence-electron chi connectivity index (χ0n) is 11.3. The molecule has 0 aliphatic carbocycles. The molecule has 110 valence electrons. The van der Waals surface area contributed by atoms with Crippen molar-refractivity contribution in [2.75, 3.05) is 6.54 Å². The van der Waals surface area contributed by atoms with E-state index in [1.807, 2.05) is 19.9 Å². The van der Waals surface area contributed by atoms with Crippen molar-refractivity contribution in [3.8, 4) is 6.07 Å². The Kier molecular flexibility index (Phi) is 5.96. The van der Waals surface area contributed by atoms with Gasteiger partial charge in [-0.3, -0.25) is 0 Å². The lowest BCUT2D eigenvalue weighted by molar-refractivity contribution is 0.152. The SMILES string of the molecule is CC(C)CC(O)CNS(=O)(=O)c1cc(Cl)ccc1C#N. The van der Waals surface area contributed by atoms with Gasteiger partial charge in [0, 0.05) is 11.6 Å². The van der Waals surface area contributed by atoms with E-state index in [0.29, 0.717) is 6.42 Å². The maximum atomic E-state index is 12.1. The second-order valence-electron chi connectivity index (χ2n) is 4.89. The zero-order chi connectivity index (χ0) is 15.3. The predicted molar refractivity (Wildman–Crippen MR) is 76.8 cm³/mol. The molecule has 1 unspecified atom stereocenters. The summed E-state index contributed by atoms with van der Waals surface area (Å²) in [7, 11) is -3.87. The van der Waals surface area contributed by atoms with Gasteiger partial charge in [0.2, 0.25) is 10.0 Å². The molecule has 0 fully saturated rings. The van der Waals surface area contributed by atoms with Crippen molar-refractivity contribution in [2.24, 2.45) is 5.92 Å². The van der Waals surface area contributed by atoms with Gasteiger partial charge in [0.25, 0.3) is 0 Å². The Labute approximate surface area is 124 Å². The van der Waals surface area contributed by atoms with Crippen LogP contribution >= 0.6 is 11.6 Å². The molecule has 0 amide bonds. The normalized spacial score (nSPS) is 13.2. The van der Waals surface area contributed by atoms with E-state index in [0.717, 1.165) is 0 Å². The van der Waals surface area contributed by atoms with Crippen molar-refractivity contribution in [3.63, 3.8) is 0 Å². The number of nitriles is 1. The number of aliphatic hydroxyl groups excluding tert-OH is 1. The minimum Gasteiger partial charge on any atom is -0.392 e. The van der Waals surface area contributed by atoms with Crippen LogP contribution in [-0.2, 0) is 10.0 Å². The van der Waals surface area contributed by atoms with Crippen LogP contribution in [0, 0.1) is 17.2 Å². The topological polar surface area (TPSA) is 90.2 Å². The molecule has 0 aliphatic rings. The number of rotatable bonds is 6. The van der Waals surface area contributed by atoms with Crippen molar-refractivity contribution >= 4 is 21.6 Å². The number of aliphatic hydroxyl groups is 1. The third kappa shape index (κ3) is 4.76. The number of benzene rings is 1. The molecule has 1 atom stereocenters. The summed E-state index contributed by atoms with van der Waals surface area (Å²) in [5.41, 5.74) is 0.0141. The maximum absolute atomic E-state index is 12.1. The number of halogens is 1. The standard InChI is InChI=1S/C13H17ClN2O3S/c1-9(2)5-12(17)8-16-20(18,19)13-6-11(14)4-3-10(13)7-15/h3-4,6,9,12,16-17H,5,8H2,1-2H3. The van der Waals surface area contributed by atoms with Crippen LogP contribution in [0.1, 0.15) is 25.8 Å². The van der Waals surface area contributed by atoms with Gasteiger partial charge in [-0.1, -0.05) is 25.4 Å². The first-order valence-corrected chi connectivity index (χ1v) is 7.99. The van der Waals surface area contributed by atoms with Gasteiger partial charge in [0.1, 0.15) is 11.0 Å². The first kappa shape index (κ1) is 16.9. The highest BCUT2D eigenvalue weighted by Gasteiger charge is 2.20. The van der Waals surface area contributed by atoms with Crippen LogP contribution in [0.3, 0.4) is 0 Å². The molecule has 1 aromatic carbocycles. The summed E-state index contributed by atoms with van der Waals surface area (Å²) in [6, 6.07) is 5.83. The molecule has 0 saturated carbocycles. The number of hydrogen-bond acceptors (Lipinski definition) is 4. The molecular formula is C13H17ClN2O3S. The molecule has 7 heteroatoms. The van der Waals surface area contributed by atoms with Crippen molar-refractivity contribution in [2.45, 2.75) is 31.3 Å². The third-order valence-corrected chi connectivity index (χ3v) is 4.30. The zero-order valence-corrected chi connectivity index (χ0v) is 12.9. The molecule has 0 aliphatic heterocycles. The molecule has 0 aromatic heterocycles. The minimum absolute atomic E-state index is 0.0141. The van der Waals surface area contributed by atoms with Crippen molar-refractivity contribution in [1.29, 1.82) is 5.26 Å². The summed E-state index contributed by atoms with van der Waals surface area (Å²) in [6.07, 6.45) is -0.280. The highest BCUT2D eigenvalue weighted by atomic mass is 35.5. The molecule has 0 radical (unpaired) electrons. The lowest BCUT2D eigenvalue weighted by Crippen LogP contribution is -2.33. The monoisotopic (exact) mass is 316 g/mol. The van der Waals surface area contributed by atoms with Gasteiger partial charge < -0.3 is 5.11 Å². The molecule has 0 saturated heterocycles. The Balaban J connectivity index is 2.90. The first-order chi connectivity index (χ1) is 9.26. The summed E-state index contributed by atoms with van der Waals surface area (Å²) in [4.78, 5) is -0.177. The van der Waals surface area contributed by atoms with Gasteiger partial charge in [0.05, 0.1) is 11.7 Å². The smallest absolute Gasteiger partial charge is 0.242 e. The predicted octanol–water partition coefficient (Wildman–Crippen LogP) is 1.90. The number of nitrogens with zero attached hydrogens (tertiary/aromatic N) is 1. The number of sulfonamides is 1. The largest absolute Gasteiger partial charge is 0.392 e. The van der Waals surface area contributed by atoms with Gasteiger partial charge in [-0.2, -0.15) is 5.26 Å². The molecule has 5 nitrogen and oxygen atoms in total. The molecular weight excluding hydrogens is 300 g/mol. The Bertz CT molecular complexity index is 609. The summed E-state index contributed by atoms with van der Waals surface area (Å²) in [5.74, 6) is 0.260. The molecule has 1 aromatic rings. The van der Waals surface area contributed by atoms with E-state index in [9.17, 15) is 13.5 Å². The first-order valence-electron chi connectivity index (χ1n) is 6.13. The summed E-state index contributed by atoms with van der Waals surface area (Å²) in [5, 5.41) is 18.9. The fourth-order valence-electron chi connectivity index (χ4n) is 1.72. The van der Waals surface area contributed by atoms with E-state index < -0.39 is 16.1 Å². The van der Waals surface area contributed by atoms with Crippen LogP contribution in [-0.4, -0.2) is 26.2 Å². The minimum atomic E-state index is -3.87. The fraction of sp³-hybridized carbons (Fsp3) is 0.462. The average Bonchev–Trinajstić information content (AvgIpc) is 2.36. The van der Waals surface area contributed by atoms with Crippen LogP contribution in [0.4, 0.5) is 0 Å². The van der Waals surface area contributed by atoms with Crippen LogP contribution < -0.4 is 4.72 Å². The van der Waals surface area contributed by atoms with Crippen molar-refractivity contribution in [3.05, 3.63) is 28.8 Å². The molecule has 20 heavy (non-hydrogen) atoms. The fourth-order valence-corrected chi connectivity index (χ4v) is 3.21. The Morgan fingerprint density at radius 3 is 2.65 bits per heavy atom. The Morgan fingerprint density at radius 2 is 2.10 bits per heavy atom. The lowest BCUT2D eigenvalue weighted by atomic mass is 10.1. The van der Waals surface area contributed by atoms with Crippen LogP contribution in [0.25, 0.3) is 0 Å². The highest BCUT2D eigenvalue weighted by molar-refractivity contribution is 7.89. The van der Waals surface area contributed by atoms with Crippen molar-refractivity contribution < 1.29 is 13.5 Å². The van der Waals surface area contributed by atoms with E-state index in [-0.39, 0.29) is 27.9 Å². The summed E-state index contributed by atoms with van der Waals surface area (Å²) < 4.78 is 26.5. The van der Waals surface area contributed by atoms with Gasteiger partial charge in [-0.15, -0.1) is 0 Å². The van der Waals surface area contributed by atoms with Crippen LogP contribution in [0.15, 0.2) is 23.1 Å². The lowest BCUT2D eigenvalue weighted by Gasteiger charge is -2.14. The molecule has 1 rings (SSSR count). The summed E-state index contributed by atoms with van der Waals surface area (Å²) in [6.45, 7) is 3.77. The molecule has 2 N–H and O–H groups in total. The summed E-state index contributed by atoms with van der Waals surface area (Å²) >= 11 is 5.76. The molecule has 0 spiro atoms. The number of nitrogens with one attached hydrogen (secondary N) is 1. The van der Waals surface area contributed by atoms with Crippen LogP contribution in [0.2, 0.25) is 5.02 Å². The average molecular weight is 317 g/mol. The molecule has 0 heterocycles.